The number of esters is 1. The number of carbonyl (C=O) groups is 4. The molecule has 3 atom stereocenters. The largest absolute Gasteiger partial charge is 0.464 e. The van der Waals surface area contributed by atoms with Crippen molar-refractivity contribution in [1.29, 1.82) is 5.26 Å². The number of benzene rings is 2. The van der Waals surface area contributed by atoms with E-state index < -0.39 is 47.2 Å². The van der Waals surface area contributed by atoms with E-state index in [-0.39, 0.29) is 38.6 Å². The van der Waals surface area contributed by atoms with Gasteiger partial charge in [-0.1, -0.05) is 60.7 Å². The molecule has 0 aromatic heterocycles. The number of amides is 3. The van der Waals surface area contributed by atoms with Crippen LogP contribution in [0.2, 0.25) is 0 Å². The molecular formula is C35H41FN4O6. The molecule has 0 radical (unpaired) electrons. The van der Waals surface area contributed by atoms with E-state index in [0.29, 0.717) is 44.9 Å². The lowest BCUT2D eigenvalue weighted by Gasteiger charge is -2.56. The molecule has 3 amide bonds. The minimum Gasteiger partial charge on any atom is -0.464 e. The number of fused-ring (bicyclic) bond motifs is 3. The fourth-order valence-electron chi connectivity index (χ4n) is 7.14. The highest BCUT2D eigenvalue weighted by atomic mass is 19.1. The first kappa shape index (κ1) is 32.9. The highest BCUT2D eigenvalue weighted by molar-refractivity contribution is 5.89. The molecule has 0 unspecified atom stereocenters. The Labute approximate surface area is 268 Å². The molecule has 3 aliphatic carbocycles. The van der Waals surface area contributed by atoms with Gasteiger partial charge in [-0.15, -0.1) is 0 Å². The molecule has 0 spiro atoms. The molecule has 1 heterocycles. The van der Waals surface area contributed by atoms with Crippen LogP contribution >= 0.6 is 0 Å². The van der Waals surface area contributed by atoms with Gasteiger partial charge in [0, 0.05) is 23.8 Å². The van der Waals surface area contributed by atoms with Crippen LogP contribution in [0.3, 0.4) is 0 Å². The number of hydrogen-bond acceptors (Lipinski definition) is 7. The summed E-state index contributed by atoms with van der Waals surface area (Å²) >= 11 is 0. The van der Waals surface area contributed by atoms with Crippen LogP contribution in [-0.4, -0.2) is 77.2 Å². The molecule has 46 heavy (non-hydrogen) atoms. The standard InChI is InChI=1S/C35H41FN4O6/c1-2-45-31(42)29(19-25-9-5-3-6-10-25)38-32(43)34-13-16-35(17-14-34,18-15-34)40(33(44)46-24-26-11-7-4-8-12-26)23-30(41)39-22-27(36)20-28(39)21-37/h3-12,27-29H,2,13-20,22-24H2,1H3,(H,38,43)/t27-,28-,29-,34?,35?/m0/s1. The number of rotatable bonds is 11. The fourth-order valence-corrected chi connectivity index (χ4v) is 7.14. The molecule has 4 fully saturated rings. The molecular weight excluding hydrogens is 591 g/mol. The summed E-state index contributed by atoms with van der Waals surface area (Å²) in [5.74, 6) is -1.21. The Balaban J connectivity index is 1.31. The first-order valence-corrected chi connectivity index (χ1v) is 16.0. The minimum absolute atomic E-state index is 0.0144. The van der Waals surface area contributed by atoms with Gasteiger partial charge in [-0.2, -0.15) is 5.26 Å². The monoisotopic (exact) mass is 632 g/mol. The maximum Gasteiger partial charge on any atom is 0.411 e. The number of carbonyl (C=O) groups excluding carboxylic acids is 4. The summed E-state index contributed by atoms with van der Waals surface area (Å²) in [5, 5.41) is 12.5. The van der Waals surface area contributed by atoms with Crippen molar-refractivity contribution >= 4 is 23.9 Å². The summed E-state index contributed by atoms with van der Waals surface area (Å²) < 4.78 is 25.2. The van der Waals surface area contributed by atoms with Gasteiger partial charge in [0.15, 0.2) is 0 Å². The van der Waals surface area contributed by atoms with E-state index in [2.05, 4.69) is 5.32 Å². The van der Waals surface area contributed by atoms with Gasteiger partial charge in [0.05, 0.1) is 19.2 Å². The molecule has 1 aliphatic heterocycles. The van der Waals surface area contributed by atoms with Crippen LogP contribution < -0.4 is 5.32 Å². The highest BCUT2D eigenvalue weighted by Crippen LogP contribution is 2.55. The van der Waals surface area contributed by atoms with E-state index in [4.69, 9.17) is 9.47 Å². The second-order valence-electron chi connectivity index (χ2n) is 12.6. The van der Waals surface area contributed by atoms with Gasteiger partial charge >= 0.3 is 12.1 Å². The van der Waals surface area contributed by atoms with Gasteiger partial charge in [-0.3, -0.25) is 14.5 Å². The Kier molecular flexibility index (Phi) is 10.2. The Hall–Kier alpha value is -4.46. The van der Waals surface area contributed by atoms with Crippen LogP contribution in [0.5, 0.6) is 0 Å². The zero-order valence-electron chi connectivity index (χ0n) is 26.2. The first-order valence-electron chi connectivity index (χ1n) is 16.0. The molecule has 3 saturated carbocycles. The SMILES string of the molecule is CCOC(=O)[C@H](Cc1ccccc1)NC(=O)C12CCC(N(CC(=O)N3C[C@@H](F)C[C@H]3C#N)C(=O)OCc3ccccc3)(CC1)CC2. The number of ether oxygens (including phenoxy) is 2. The van der Waals surface area contributed by atoms with Crippen LogP contribution in [0.15, 0.2) is 60.7 Å². The van der Waals surface area contributed by atoms with Crippen molar-refractivity contribution in [3.8, 4) is 6.07 Å². The van der Waals surface area contributed by atoms with Gasteiger partial charge in [-0.25, -0.2) is 14.0 Å². The number of halogens is 1. The van der Waals surface area contributed by atoms with Crippen molar-refractivity contribution in [2.24, 2.45) is 5.41 Å². The maximum absolute atomic E-state index is 14.2. The Morgan fingerprint density at radius 1 is 0.978 bits per heavy atom. The van der Waals surface area contributed by atoms with E-state index in [1.165, 1.54) is 9.80 Å². The zero-order valence-corrected chi connectivity index (χ0v) is 26.2. The van der Waals surface area contributed by atoms with E-state index in [1.54, 1.807) is 6.92 Å². The van der Waals surface area contributed by atoms with Gasteiger partial charge < -0.3 is 19.7 Å². The normalized spacial score (nSPS) is 25.6. The van der Waals surface area contributed by atoms with Crippen molar-refractivity contribution < 1.29 is 33.0 Å². The maximum atomic E-state index is 14.2. The van der Waals surface area contributed by atoms with Crippen LogP contribution in [0.25, 0.3) is 0 Å². The number of hydrogen-bond donors (Lipinski definition) is 1. The molecule has 4 aliphatic rings. The second kappa shape index (κ2) is 14.3. The smallest absolute Gasteiger partial charge is 0.411 e. The van der Waals surface area contributed by atoms with E-state index in [9.17, 15) is 28.8 Å². The number of nitriles is 1. The average Bonchev–Trinajstić information content (AvgIpc) is 3.48. The molecule has 2 bridgehead atoms. The van der Waals surface area contributed by atoms with Crippen LogP contribution in [-0.2, 0) is 36.9 Å². The van der Waals surface area contributed by atoms with Gasteiger partial charge in [0.2, 0.25) is 11.8 Å². The Bertz CT molecular complexity index is 1420. The second-order valence-corrected chi connectivity index (χ2v) is 12.6. The van der Waals surface area contributed by atoms with Crippen molar-refractivity contribution in [3.63, 3.8) is 0 Å². The molecule has 244 valence electrons. The van der Waals surface area contributed by atoms with E-state index in [0.717, 1.165) is 11.1 Å². The molecule has 1 saturated heterocycles. The fraction of sp³-hybridized carbons (Fsp3) is 0.514. The van der Waals surface area contributed by atoms with Gasteiger partial charge in [-0.05, 0) is 56.6 Å². The first-order chi connectivity index (χ1) is 22.2. The summed E-state index contributed by atoms with van der Waals surface area (Å²) in [4.78, 5) is 56.5. The summed E-state index contributed by atoms with van der Waals surface area (Å²) in [6.07, 6.45) is 0.988. The predicted octanol–water partition coefficient (Wildman–Crippen LogP) is 4.47. The lowest BCUT2D eigenvalue weighted by Crippen LogP contribution is -2.63. The molecule has 2 aromatic carbocycles. The van der Waals surface area contributed by atoms with Crippen LogP contribution in [0.1, 0.15) is 63.0 Å². The van der Waals surface area contributed by atoms with Crippen molar-refractivity contribution in [2.45, 2.75) is 88.7 Å². The number of alkyl halides is 1. The lowest BCUT2D eigenvalue weighted by atomic mass is 9.56. The number of likely N-dealkylation sites (tertiary alicyclic amines) is 1. The average molecular weight is 633 g/mol. The molecule has 6 rings (SSSR count). The van der Waals surface area contributed by atoms with E-state index >= 15 is 0 Å². The number of nitrogens with one attached hydrogen (secondary N) is 1. The van der Waals surface area contributed by atoms with Crippen molar-refractivity contribution in [3.05, 3.63) is 71.8 Å². The predicted molar refractivity (Wildman–Crippen MR) is 166 cm³/mol. The van der Waals surface area contributed by atoms with Gasteiger partial charge in [0.1, 0.15) is 31.4 Å². The molecule has 10 nitrogen and oxygen atoms in total. The van der Waals surface area contributed by atoms with Crippen molar-refractivity contribution in [1.82, 2.24) is 15.1 Å². The third kappa shape index (κ3) is 7.16. The topological polar surface area (TPSA) is 129 Å². The summed E-state index contributed by atoms with van der Waals surface area (Å²) in [6.45, 7) is 1.40. The van der Waals surface area contributed by atoms with Crippen LogP contribution in [0, 0.1) is 16.7 Å². The third-order valence-corrected chi connectivity index (χ3v) is 9.86. The van der Waals surface area contributed by atoms with E-state index in [1.807, 2.05) is 66.7 Å². The quantitative estimate of drug-likeness (QED) is 0.362. The summed E-state index contributed by atoms with van der Waals surface area (Å²) in [7, 11) is 0. The number of nitrogens with zero attached hydrogens (tertiary/aromatic N) is 3. The summed E-state index contributed by atoms with van der Waals surface area (Å²) in [6, 6.07) is 18.9. The Morgan fingerprint density at radius 2 is 1.59 bits per heavy atom. The lowest BCUT2D eigenvalue weighted by molar-refractivity contribution is -0.152. The van der Waals surface area contributed by atoms with Crippen LogP contribution in [0.4, 0.5) is 9.18 Å². The molecule has 11 heteroatoms. The molecule has 2 aromatic rings. The highest BCUT2D eigenvalue weighted by Gasteiger charge is 2.56. The minimum atomic E-state index is -1.30. The summed E-state index contributed by atoms with van der Waals surface area (Å²) in [5.41, 5.74) is 0.218. The molecule has 1 N–H and O–H groups in total. The van der Waals surface area contributed by atoms with Crippen molar-refractivity contribution in [2.75, 3.05) is 19.7 Å². The third-order valence-electron chi connectivity index (χ3n) is 9.86. The van der Waals surface area contributed by atoms with Gasteiger partial charge in [0.25, 0.3) is 0 Å². The zero-order chi connectivity index (χ0) is 32.7. The Morgan fingerprint density at radius 3 is 2.17 bits per heavy atom.